The van der Waals surface area contributed by atoms with E-state index >= 15 is 0 Å². The summed E-state index contributed by atoms with van der Waals surface area (Å²) in [5.74, 6) is 0.0307. The summed E-state index contributed by atoms with van der Waals surface area (Å²) in [5, 5.41) is 0.422. The van der Waals surface area contributed by atoms with E-state index in [2.05, 4.69) is 0 Å². The molecule has 4 aromatic rings. The number of rotatable bonds is 5. The molecule has 30 heavy (non-hydrogen) atoms. The molecule has 5 nitrogen and oxygen atoms in total. The van der Waals surface area contributed by atoms with Crippen LogP contribution in [0.15, 0.2) is 93.0 Å². The van der Waals surface area contributed by atoms with Crippen molar-refractivity contribution in [1.29, 1.82) is 0 Å². The Morgan fingerprint density at radius 3 is 2.17 bits per heavy atom. The second kappa shape index (κ2) is 7.80. The third-order valence-electron chi connectivity index (χ3n) is 5.00. The summed E-state index contributed by atoms with van der Waals surface area (Å²) >= 11 is 0. The Labute approximate surface area is 175 Å². The van der Waals surface area contributed by atoms with Crippen molar-refractivity contribution in [3.8, 4) is 0 Å². The summed E-state index contributed by atoms with van der Waals surface area (Å²) in [4.78, 5) is 13.1. The van der Waals surface area contributed by atoms with E-state index in [4.69, 9.17) is 4.42 Å². The summed E-state index contributed by atoms with van der Waals surface area (Å²) in [6, 6.07) is 22.7. The standard InChI is InChI=1S/C24H21NO4S/c1-17-12-14-20(15-13-17)30(27,28)25(16-19-8-4-3-5-9-19)24-18(2)23(26)21-10-6-7-11-22(21)29-24/h3-15H,16H2,1-2H3. The molecule has 0 saturated heterocycles. The molecule has 6 heteroatoms. The van der Waals surface area contributed by atoms with Crippen LogP contribution in [0.2, 0.25) is 0 Å². The topological polar surface area (TPSA) is 67.6 Å². The van der Waals surface area contributed by atoms with Gasteiger partial charge in [-0.2, -0.15) is 0 Å². The van der Waals surface area contributed by atoms with Crippen LogP contribution in [0.3, 0.4) is 0 Å². The number of nitrogens with zero attached hydrogens (tertiary/aromatic N) is 1. The number of anilines is 1. The molecule has 0 aliphatic rings. The molecule has 0 amide bonds. The van der Waals surface area contributed by atoms with Crippen LogP contribution in [0.5, 0.6) is 0 Å². The van der Waals surface area contributed by atoms with Gasteiger partial charge in [0.25, 0.3) is 10.0 Å². The van der Waals surface area contributed by atoms with Crippen LogP contribution in [-0.2, 0) is 16.6 Å². The predicted molar refractivity (Wildman–Crippen MR) is 118 cm³/mol. The third kappa shape index (κ3) is 3.62. The van der Waals surface area contributed by atoms with E-state index in [0.717, 1.165) is 11.1 Å². The zero-order chi connectivity index (χ0) is 21.3. The molecule has 0 spiro atoms. The lowest BCUT2D eigenvalue weighted by atomic mass is 10.1. The fourth-order valence-electron chi connectivity index (χ4n) is 3.31. The number of aryl methyl sites for hydroxylation is 1. The van der Waals surface area contributed by atoms with E-state index in [9.17, 15) is 13.2 Å². The Kier molecular flexibility index (Phi) is 5.18. The van der Waals surface area contributed by atoms with Gasteiger partial charge in [-0.1, -0.05) is 60.2 Å². The molecule has 0 saturated carbocycles. The van der Waals surface area contributed by atoms with Gasteiger partial charge >= 0.3 is 0 Å². The van der Waals surface area contributed by atoms with Crippen LogP contribution in [0.25, 0.3) is 11.0 Å². The Balaban J connectivity index is 1.94. The third-order valence-corrected chi connectivity index (χ3v) is 6.75. The van der Waals surface area contributed by atoms with Crippen molar-refractivity contribution >= 4 is 26.9 Å². The lowest BCUT2D eigenvalue weighted by molar-refractivity contribution is 0.563. The van der Waals surface area contributed by atoms with Gasteiger partial charge in [-0.3, -0.25) is 4.79 Å². The van der Waals surface area contributed by atoms with Crippen LogP contribution in [0, 0.1) is 13.8 Å². The Morgan fingerprint density at radius 2 is 1.47 bits per heavy atom. The molecule has 3 aromatic carbocycles. The fourth-order valence-corrected chi connectivity index (χ4v) is 4.76. The van der Waals surface area contributed by atoms with Gasteiger partial charge < -0.3 is 4.42 Å². The first-order valence-corrected chi connectivity index (χ1v) is 11.0. The SMILES string of the molecule is Cc1ccc(S(=O)(=O)N(Cc2ccccc2)c2oc3ccccc3c(=O)c2C)cc1. The molecule has 4 rings (SSSR count). The van der Waals surface area contributed by atoms with E-state index in [-0.39, 0.29) is 28.3 Å². The smallest absolute Gasteiger partial charge is 0.266 e. The molecule has 0 atom stereocenters. The molecule has 1 aromatic heterocycles. The fraction of sp³-hybridized carbons (Fsp3) is 0.125. The maximum atomic E-state index is 13.6. The Hall–Kier alpha value is -3.38. The minimum atomic E-state index is -3.98. The van der Waals surface area contributed by atoms with Crippen molar-refractivity contribution in [3.63, 3.8) is 0 Å². The van der Waals surface area contributed by atoms with Crippen LogP contribution in [0.4, 0.5) is 5.88 Å². The van der Waals surface area contributed by atoms with E-state index in [0.29, 0.717) is 11.0 Å². The molecule has 0 unspecified atom stereocenters. The lowest BCUT2D eigenvalue weighted by Crippen LogP contribution is -2.32. The van der Waals surface area contributed by atoms with Crippen molar-refractivity contribution in [2.75, 3.05) is 4.31 Å². The number of benzene rings is 3. The lowest BCUT2D eigenvalue weighted by Gasteiger charge is -2.24. The molecule has 1 heterocycles. The number of fused-ring (bicyclic) bond motifs is 1. The van der Waals surface area contributed by atoms with Crippen molar-refractivity contribution in [2.45, 2.75) is 25.3 Å². The van der Waals surface area contributed by atoms with Crippen molar-refractivity contribution < 1.29 is 12.8 Å². The largest absolute Gasteiger partial charge is 0.439 e. The maximum Gasteiger partial charge on any atom is 0.266 e. The first kappa shape index (κ1) is 19.9. The molecular formula is C24H21NO4S. The molecule has 0 aliphatic heterocycles. The summed E-state index contributed by atoms with van der Waals surface area (Å²) in [7, 11) is -3.98. The maximum absolute atomic E-state index is 13.6. The van der Waals surface area contributed by atoms with Gasteiger partial charge in [-0.15, -0.1) is 0 Å². The molecule has 152 valence electrons. The number of para-hydroxylation sites is 1. The molecule has 0 bridgehead atoms. The zero-order valence-corrected chi connectivity index (χ0v) is 17.5. The van der Waals surface area contributed by atoms with E-state index < -0.39 is 10.0 Å². The second-order valence-corrected chi connectivity index (χ2v) is 9.03. The van der Waals surface area contributed by atoms with Crippen molar-refractivity contribution in [1.82, 2.24) is 0 Å². The van der Waals surface area contributed by atoms with Crippen LogP contribution < -0.4 is 9.73 Å². The minimum Gasteiger partial charge on any atom is -0.439 e. The van der Waals surface area contributed by atoms with Gasteiger partial charge in [-0.25, -0.2) is 12.7 Å². The van der Waals surface area contributed by atoms with Crippen LogP contribution >= 0.6 is 0 Å². The highest BCUT2D eigenvalue weighted by molar-refractivity contribution is 7.92. The van der Waals surface area contributed by atoms with Crippen molar-refractivity contribution in [3.05, 3.63) is 106 Å². The van der Waals surface area contributed by atoms with E-state index in [1.54, 1.807) is 55.5 Å². The van der Waals surface area contributed by atoms with Gasteiger partial charge in [0, 0.05) is 0 Å². The number of hydrogen-bond acceptors (Lipinski definition) is 4. The zero-order valence-electron chi connectivity index (χ0n) is 16.7. The first-order chi connectivity index (χ1) is 14.4. The quantitative estimate of drug-likeness (QED) is 0.466. The highest BCUT2D eigenvalue weighted by atomic mass is 32.2. The highest BCUT2D eigenvalue weighted by Gasteiger charge is 2.29. The molecule has 0 fully saturated rings. The highest BCUT2D eigenvalue weighted by Crippen LogP contribution is 2.30. The average molecular weight is 420 g/mol. The number of hydrogen-bond donors (Lipinski definition) is 0. The normalized spacial score (nSPS) is 11.5. The average Bonchev–Trinajstić information content (AvgIpc) is 2.76. The Morgan fingerprint density at radius 1 is 0.833 bits per heavy atom. The van der Waals surface area contributed by atoms with Crippen LogP contribution in [-0.4, -0.2) is 8.42 Å². The van der Waals surface area contributed by atoms with Crippen molar-refractivity contribution in [2.24, 2.45) is 0 Å². The molecule has 0 N–H and O–H groups in total. The first-order valence-electron chi connectivity index (χ1n) is 9.54. The van der Waals surface area contributed by atoms with Gasteiger partial charge in [0.2, 0.25) is 5.88 Å². The van der Waals surface area contributed by atoms with Gasteiger partial charge in [0.1, 0.15) is 5.58 Å². The van der Waals surface area contributed by atoms with Gasteiger partial charge in [0.05, 0.1) is 22.4 Å². The molecule has 0 aliphatic carbocycles. The summed E-state index contributed by atoms with van der Waals surface area (Å²) in [6.07, 6.45) is 0. The monoisotopic (exact) mass is 419 g/mol. The van der Waals surface area contributed by atoms with Crippen LogP contribution in [0.1, 0.15) is 16.7 Å². The summed E-state index contributed by atoms with van der Waals surface area (Å²) in [6.45, 7) is 3.53. The molecule has 0 radical (unpaired) electrons. The Bertz CT molecular complexity index is 1360. The van der Waals surface area contributed by atoms with Gasteiger partial charge in [0.15, 0.2) is 5.43 Å². The predicted octanol–water partition coefficient (Wildman–Crippen LogP) is 4.81. The van der Waals surface area contributed by atoms with E-state index in [1.807, 2.05) is 37.3 Å². The summed E-state index contributed by atoms with van der Waals surface area (Å²) in [5.41, 5.74) is 2.09. The summed E-state index contributed by atoms with van der Waals surface area (Å²) < 4.78 is 34.4. The minimum absolute atomic E-state index is 0.0307. The second-order valence-electron chi connectivity index (χ2n) is 7.17. The number of sulfonamides is 1. The van der Waals surface area contributed by atoms with Gasteiger partial charge in [-0.05, 0) is 43.7 Å². The molecular weight excluding hydrogens is 398 g/mol. The van der Waals surface area contributed by atoms with E-state index in [1.165, 1.54) is 4.31 Å².